The summed E-state index contributed by atoms with van der Waals surface area (Å²) >= 11 is 7.61. The molecule has 0 saturated carbocycles. The summed E-state index contributed by atoms with van der Waals surface area (Å²) in [6.45, 7) is 1.01. The number of nitrogens with two attached hydrogens (primary N) is 1. The van der Waals surface area contributed by atoms with Gasteiger partial charge in [-0.2, -0.15) is 0 Å². The number of nitrogens with zero attached hydrogens (tertiary/aromatic N) is 2. The maximum Gasteiger partial charge on any atom is 0.115 e. The average Bonchev–Trinajstić information content (AvgIpc) is 2.08. The van der Waals surface area contributed by atoms with Crippen molar-refractivity contribution in [3.8, 4) is 0 Å². The molecule has 0 aliphatic carbocycles. The van der Waals surface area contributed by atoms with E-state index < -0.39 is 0 Å². The molecule has 0 unspecified atom stereocenters. The molecule has 0 radical (unpaired) electrons. The fourth-order valence-electron chi connectivity index (χ4n) is 0.871. The van der Waals surface area contributed by atoms with Crippen molar-refractivity contribution in [1.82, 2.24) is 9.88 Å². The van der Waals surface area contributed by atoms with Crippen LogP contribution < -0.4 is 5.73 Å². The van der Waals surface area contributed by atoms with Crippen molar-refractivity contribution in [3.63, 3.8) is 0 Å². The molecule has 78 valence electrons. The van der Waals surface area contributed by atoms with Crippen LogP contribution in [-0.4, -0.2) is 36.3 Å². The minimum Gasteiger partial charge on any atom is -0.397 e. The van der Waals surface area contributed by atoms with E-state index in [0.717, 1.165) is 17.3 Å². The zero-order valence-electron chi connectivity index (χ0n) is 8.33. The van der Waals surface area contributed by atoms with Gasteiger partial charge in [0.2, 0.25) is 0 Å². The Labute approximate surface area is 93.6 Å². The van der Waals surface area contributed by atoms with Gasteiger partial charge in [-0.25, -0.2) is 4.98 Å². The molecule has 0 aromatic carbocycles. The fraction of sp³-hybridized carbons (Fsp3) is 0.444. The SMILES string of the molecule is CN(C)CCSc1ncc(N)cc1Cl. The smallest absolute Gasteiger partial charge is 0.115 e. The fourth-order valence-corrected chi connectivity index (χ4v) is 2.18. The van der Waals surface area contributed by atoms with Crippen molar-refractivity contribution in [1.29, 1.82) is 0 Å². The van der Waals surface area contributed by atoms with Gasteiger partial charge in [0.1, 0.15) is 5.03 Å². The van der Waals surface area contributed by atoms with Crippen LogP contribution in [0, 0.1) is 0 Å². The Morgan fingerprint density at radius 3 is 2.86 bits per heavy atom. The van der Waals surface area contributed by atoms with E-state index in [1.165, 1.54) is 0 Å². The van der Waals surface area contributed by atoms with E-state index in [9.17, 15) is 0 Å². The monoisotopic (exact) mass is 231 g/mol. The molecule has 14 heavy (non-hydrogen) atoms. The minimum atomic E-state index is 0.604. The Morgan fingerprint density at radius 2 is 2.29 bits per heavy atom. The van der Waals surface area contributed by atoms with Gasteiger partial charge < -0.3 is 10.6 Å². The van der Waals surface area contributed by atoms with Crippen molar-refractivity contribution < 1.29 is 0 Å². The molecule has 2 N–H and O–H groups in total. The van der Waals surface area contributed by atoms with E-state index in [2.05, 4.69) is 9.88 Å². The third-order valence-corrected chi connectivity index (χ3v) is 2.99. The van der Waals surface area contributed by atoms with Crippen molar-refractivity contribution >= 4 is 29.1 Å². The Balaban J connectivity index is 2.51. The number of aromatic nitrogens is 1. The Morgan fingerprint density at radius 1 is 1.57 bits per heavy atom. The normalized spacial score (nSPS) is 10.9. The quantitative estimate of drug-likeness (QED) is 0.805. The summed E-state index contributed by atoms with van der Waals surface area (Å²) < 4.78 is 0. The van der Waals surface area contributed by atoms with E-state index in [0.29, 0.717) is 10.7 Å². The van der Waals surface area contributed by atoms with Crippen LogP contribution in [0.1, 0.15) is 0 Å². The molecular weight excluding hydrogens is 218 g/mol. The Kier molecular flexibility index (Phi) is 4.51. The average molecular weight is 232 g/mol. The predicted octanol–water partition coefficient (Wildman–Crippen LogP) is 1.97. The summed E-state index contributed by atoms with van der Waals surface area (Å²) in [7, 11) is 4.08. The van der Waals surface area contributed by atoms with Crippen LogP contribution in [0.15, 0.2) is 17.3 Å². The van der Waals surface area contributed by atoms with Crippen molar-refractivity contribution in [3.05, 3.63) is 17.3 Å². The molecule has 0 atom stereocenters. The van der Waals surface area contributed by atoms with Crippen LogP contribution in [0.2, 0.25) is 5.02 Å². The van der Waals surface area contributed by atoms with E-state index in [1.807, 2.05) is 14.1 Å². The molecule has 3 nitrogen and oxygen atoms in total. The second-order valence-corrected chi connectivity index (χ2v) is 4.70. The van der Waals surface area contributed by atoms with Crippen LogP contribution in [-0.2, 0) is 0 Å². The zero-order chi connectivity index (χ0) is 10.6. The molecule has 1 aromatic rings. The van der Waals surface area contributed by atoms with Gasteiger partial charge in [-0.3, -0.25) is 0 Å². The molecule has 0 fully saturated rings. The van der Waals surface area contributed by atoms with Crippen molar-refractivity contribution in [2.75, 3.05) is 32.1 Å². The van der Waals surface area contributed by atoms with E-state index >= 15 is 0 Å². The first-order valence-corrected chi connectivity index (χ1v) is 5.64. The van der Waals surface area contributed by atoms with Crippen molar-refractivity contribution in [2.45, 2.75) is 5.03 Å². The van der Waals surface area contributed by atoms with E-state index in [1.54, 1.807) is 24.0 Å². The summed E-state index contributed by atoms with van der Waals surface area (Å²) in [5, 5.41) is 1.48. The number of rotatable bonds is 4. The van der Waals surface area contributed by atoms with Crippen LogP contribution in [0.3, 0.4) is 0 Å². The lowest BCUT2D eigenvalue weighted by atomic mass is 10.4. The van der Waals surface area contributed by atoms with E-state index in [4.69, 9.17) is 17.3 Å². The third kappa shape index (κ3) is 3.74. The third-order valence-electron chi connectivity index (χ3n) is 1.61. The van der Waals surface area contributed by atoms with Gasteiger partial charge in [-0.1, -0.05) is 11.6 Å². The van der Waals surface area contributed by atoms with Gasteiger partial charge >= 0.3 is 0 Å². The van der Waals surface area contributed by atoms with Crippen LogP contribution in [0.5, 0.6) is 0 Å². The molecule has 1 rings (SSSR count). The standard InChI is InChI=1S/C9H14ClN3S/c1-13(2)3-4-14-9-8(10)5-7(11)6-12-9/h5-6H,3-4,11H2,1-2H3. The number of pyridine rings is 1. The summed E-state index contributed by atoms with van der Waals surface area (Å²) in [6, 6.07) is 1.73. The number of anilines is 1. The minimum absolute atomic E-state index is 0.604. The second kappa shape index (κ2) is 5.44. The van der Waals surface area contributed by atoms with Gasteiger partial charge in [-0.15, -0.1) is 11.8 Å². The molecule has 0 amide bonds. The molecule has 0 aliphatic rings. The Hall–Kier alpha value is -0.450. The highest BCUT2D eigenvalue weighted by Crippen LogP contribution is 2.25. The predicted molar refractivity (Wildman–Crippen MR) is 62.9 cm³/mol. The summed E-state index contributed by atoms with van der Waals surface area (Å²) in [5.74, 6) is 0.976. The Bertz CT molecular complexity index is 304. The van der Waals surface area contributed by atoms with Gasteiger partial charge in [0.05, 0.1) is 16.9 Å². The highest BCUT2D eigenvalue weighted by atomic mass is 35.5. The summed E-state index contributed by atoms with van der Waals surface area (Å²) in [5.41, 5.74) is 6.14. The first-order chi connectivity index (χ1) is 6.59. The number of nitrogen functional groups attached to an aromatic ring is 1. The lowest BCUT2D eigenvalue weighted by Crippen LogP contribution is -2.14. The highest BCUT2D eigenvalue weighted by molar-refractivity contribution is 7.99. The first kappa shape index (κ1) is 11.6. The lowest BCUT2D eigenvalue weighted by Gasteiger charge is -2.08. The summed E-state index contributed by atoms with van der Waals surface area (Å²) in [4.78, 5) is 6.29. The zero-order valence-corrected chi connectivity index (χ0v) is 9.90. The van der Waals surface area contributed by atoms with Crippen LogP contribution >= 0.6 is 23.4 Å². The molecule has 1 heterocycles. The molecule has 0 aliphatic heterocycles. The van der Waals surface area contributed by atoms with Crippen LogP contribution in [0.25, 0.3) is 0 Å². The van der Waals surface area contributed by atoms with Crippen LogP contribution in [0.4, 0.5) is 5.69 Å². The molecule has 5 heteroatoms. The maximum atomic E-state index is 5.97. The lowest BCUT2D eigenvalue weighted by molar-refractivity contribution is 0.437. The topological polar surface area (TPSA) is 42.2 Å². The molecular formula is C9H14ClN3S. The van der Waals surface area contributed by atoms with Gasteiger partial charge in [0.25, 0.3) is 0 Å². The number of hydrogen-bond donors (Lipinski definition) is 1. The van der Waals surface area contributed by atoms with Gasteiger partial charge in [-0.05, 0) is 20.2 Å². The van der Waals surface area contributed by atoms with E-state index in [-0.39, 0.29) is 0 Å². The number of thioether (sulfide) groups is 1. The number of hydrogen-bond acceptors (Lipinski definition) is 4. The number of halogens is 1. The molecule has 0 spiro atoms. The molecule has 0 bridgehead atoms. The molecule has 1 aromatic heterocycles. The molecule has 0 saturated heterocycles. The second-order valence-electron chi connectivity index (χ2n) is 3.21. The first-order valence-electron chi connectivity index (χ1n) is 4.28. The van der Waals surface area contributed by atoms with Gasteiger partial charge in [0.15, 0.2) is 0 Å². The largest absolute Gasteiger partial charge is 0.397 e. The summed E-state index contributed by atoms with van der Waals surface area (Å²) in [6.07, 6.45) is 1.63. The van der Waals surface area contributed by atoms with Gasteiger partial charge in [0, 0.05) is 12.3 Å². The highest BCUT2D eigenvalue weighted by Gasteiger charge is 2.03. The maximum absolute atomic E-state index is 5.97. The van der Waals surface area contributed by atoms with Crippen molar-refractivity contribution in [2.24, 2.45) is 0 Å².